The first-order chi connectivity index (χ1) is 13.5. The zero-order valence-electron chi connectivity index (χ0n) is 14.5. The van der Waals surface area contributed by atoms with Crippen molar-refractivity contribution in [3.05, 3.63) is 98.5 Å². The number of hydrogen-bond acceptors (Lipinski definition) is 3. The number of rotatable bonds is 6. The number of amides is 1. The van der Waals surface area contributed by atoms with Gasteiger partial charge in [0.15, 0.2) is 0 Å². The van der Waals surface area contributed by atoms with Crippen LogP contribution in [0.4, 0.5) is 0 Å². The molecule has 1 amide bonds. The van der Waals surface area contributed by atoms with E-state index in [1.807, 2.05) is 24.3 Å². The Balaban J connectivity index is 1.55. The lowest BCUT2D eigenvalue weighted by molar-refractivity contribution is 0.0955. The van der Waals surface area contributed by atoms with Crippen LogP contribution in [0.15, 0.2) is 71.8 Å². The van der Waals surface area contributed by atoms with Crippen molar-refractivity contribution in [1.29, 1.82) is 0 Å². The van der Waals surface area contributed by atoms with Gasteiger partial charge in [0, 0.05) is 16.1 Å². The molecular formula is C21H15Cl3N2O2. The average molecular weight is 434 g/mol. The predicted molar refractivity (Wildman–Crippen MR) is 114 cm³/mol. The number of hydrazone groups is 1. The van der Waals surface area contributed by atoms with E-state index >= 15 is 0 Å². The molecule has 0 spiro atoms. The number of nitrogens with zero attached hydrogens (tertiary/aromatic N) is 1. The van der Waals surface area contributed by atoms with E-state index in [9.17, 15) is 4.79 Å². The molecule has 0 aliphatic heterocycles. The van der Waals surface area contributed by atoms with Gasteiger partial charge in [0.05, 0.1) is 16.3 Å². The van der Waals surface area contributed by atoms with Gasteiger partial charge >= 0.3 is 0 Å². The number of hydrogen-bond donors (Lipinski definition) is 1. The molecule has 3 rings (SSSR count). The van der Waals surface area contributed by atoms with Gasteiger partial charge in [-0.05, 0) is 48.0 Å². The smallest absolute Gasteiger partial charge is 0.271 e. The SMILES string of the molecule is O=C(N/N=C/c1cccc(Cl)c1Cl)c1ccc(OCc2ccc(Cl)cc2)cc1. The average Bonchev–Trinajstić information content (AvgIpc) is 2.71. The zero-order valence-corrected chi connectivity index (χ0v) is 16.8. The summed E-state index contributed by atoms with van der Waals surface area (Å²) >= 11 is 17.9. The molecule has 0 aromatic heterocycles. The minimum Gasteiger partial charge on any atom is -0.489 e. The van der Waals surface area contributed by atoms with E-state index in [-0.39, 0.29) is 5.91 Å². The molecule has 142 valence electrons. The maximum Gasteiger partial charge on any atom is 0.271 e. The summed E-state index contributed by atoms with van der Waals surface area (Å²) < 4.78 is 5.70. The van der Waals surface area contributed by atoms with Crippen LogP contribution in [0.25, 0.3) is 0 Å². The van der Waals surface area contributed by atoms with Gasteiger partial charge in [0.2, 0.25) is 0 Å². The van der Waals surface area contributed by atoms with Crippen molar-refractivity contribution >= 4 is 46.9 Å². The summed E-state index contributed by atoms with van der Waals surface area (Å²) in [4.78, 5) is 12.2. The van der Waals surface area contributed by atoms with Crippen molar-refractivity contribution in [2.45, 2.75) is 6.61 Å². The normalized spacial score (nSPS) is 10.8. The third-order valence-corrected chi connectivity index (χ3v) is 4.87. The molecule has 0 unspecified atom stereocenters. The molecule has 28 heavy (non-hydrogen) atoms. The summed E-state index contributed by atoms with van der Waals surface area (Å²) in [6.07, 6.45) is 1.44. The molecule has 3 aromatic rings. The highest BCUT2D eigenvalue weighted by Gasteiger charge is 2.06. The van der Waals surface area contributed by atoms with E-state index in [0.717, 1.165) is 5.56 Å². The third-order valence-electron chi connectivity index (χ3n) is 3.79. The fourth-order valence-electron chi connectivity index (χ4n) is 2.30. The van der Waals surface area contributed by atoms with Crippen molar-refractivity contribution < 1.29 is 9.53 Å². The van der Waals surface area contributed by atoms with Crippen molar-refractivity contribution in [3.63, 3.8) is 0 Å². The summed E-state index contributed by atoms with van der Waals surface area (Å²) in [5, 5.41) is 5.40. The highest BCUT2D eigenvalue weighted by atomic mass is 35.5. The van der Waals surface area contributed by atoms with Crippen LogP contribution in [0.5, 0.6) is 5.75 Å². The Morgan fingerprint density at radius 3 is 2.39 bits per heavy atom. The third kappa shape index (κ3) is 5.49. The van der Waals surface area contributed by atoms with Crippen molar-refractivity contribution in [1.82, 2.24) is 5.43 Å². The number of carbonyl (C=O) groups is 1. The van der Waals surface area contributed by atoms with E-state index in [1.54, 1.807) is 42.5 Å². The topological polar surface area (TPSA) is 50.7 Å². The Bertz CT molecular complexity index is 988. The fourth-order valence-corrected chi connectivity index (χ4v) is 2.78. The van der Waals surface area contributed by atoms with E-state index in [4.69, 9.17) is 39.5 Å². The fraction of sp³-hybridized carbons (Fsp3) is 0.0476. The molecule has 0 fully saturated rings. The Morgan fingerprint density at radius 2 is 1.68 bits per heavy atom. The molecule has 0 atom stereocenters. The molecule has 0 aliphatic rings. The predicted octanol–water partition coefficient (Wildman–Crippen LogP) is 5.99. The standard InChI is InChI=1S/C21H15Cl3N2O2/c22-17-8-4-14(5-9-17)13-28-18-10-6-15(7-11-18)21(27)26-25-12-16-2-1-3-19(23)20(16)24/h1-12H,13H2,(H,26,27)/b25-12+. The van der Waals surface area contributed by atoms with E-state index in [0.29, 0.717) is 38.6 Å². The molecule has 4 nitrogen and oxygen atoms in total. The molecule has 0 aliphatic carbocycles. The molecule has 0 saturated carbocycles. The van der Waals surface area contributed by atoms with Gasteiger partial charge in [-0.25, -0.2) is 5.43 Å². The Hall–Kier alpha value is -2.53. The first-order valence-corrected chi connectivity index (χ1v) is 9.41. The van der Waals surface area contributed by atoms with E-state index < -0.39 is 0 Å². The highest BCUT2D eigenvalue weighted by Crippen LogP contribution is 2.24. The molecule has 0 bridgehead atoms. The number of halogens is 3. The van der Waals surface area contributed by atoms with Gasteiger partial charge in [-0.15, -0.1) is 0 Å². The summed E-state index contributed by atoms with van der Waals surface area (Å²) in [7, 11) is 0. The van der Waals surface area contributed by atoms with Crippen LogP contribution in [-0.2, 0) is 6.61 Å². The first kappa shape index (κ1) is 20.2. The lowest BCUT2D eigenvalue weighted by Gasteiger charge is -2.07. The van der Waals surface area contributed by atoms with Crippen LogP contribution >= 0.6 is 34.8 Å². The minimum absolute atomic E-state index is 0.348. The lowest BCUT2D eigenvalue weighted by Crippen LogP contribution is -2.17. The molecule has 7 heteroatoms. The second-order valence-corrected chi connectivity index (χ2v) is 7.00. The maximum atomic E-state index is 12.2. The number of ether oxygens (including phenoxy) is 1. The van der Waals surface area contributed by atoms with Crippen molar-refractivity contribution in [3.8, 4) is 5.75 Å². The Morgan fingerprint density at radius 1 is 0.964 bits per heavy atom. The number of carbonyl (C=O) groups excluding carboxylic acids is 1. The van der Waals surface area contributed by atoms with Gasteiger partial charge in [-0.2, -0.15) is 5.10 Å². The largest absolute Gasteiger partial charge is 0.489 e. The highest BCUT2D eigenvalue weighted by molar-refractivity contribution is 6.43. The summed E-state index contributed by atoms with van der Waals surface area (Å²) in [5.41, 5.74) is 4.52. The van der Waals surface area contributed by atoms with Gasteiger partial charge in [-0.3, -0.25) is 4.79 Å². The Kier molecular flexibility index (Phi) is 6.93. The second kappa shape index (κ2) is 9.60. The zero-order chi connectivity index (χ0) is 19.9. The second-order valence-electron chi connectivity index (χ2n) is 5.78. The van der Waals surface area contributed by atoms with Crippen LogP contribution < -0.4 is 10.2 Å². The van der Waals surface area contributed by atoms with E-state index in [1.165, 1.54) is 6.21 Å². The van der Waals surface area contributed by atoms with Crippen LogP contribution in [0.2, 0.25) is 15.1 Å². The Labute approximate surface area is 177 Å². The van der Waals surface area contributed by atoms with Crippen LogP contribution in [0, 0.1) is 0 Å². The summed E-state index contributed by atoms with van der Waals surface area (Å²) in [5.74, 6) is 0.305. The van der Waals surface area contributed by atoms with Crippen LogP contribution in [0.1, 0.15) is 21.5 Å². The molecule has 0 saturated heterocycles. The minimum atomic E-state index is -0.348. The van der Waals surface area contributed by atoms with Crippen LogP contribution in [-0.4, -0.2) is 12.1 Å². The quantitative estimate of drug-likeness (QED) is 0.383. The molecule has 1 N–H and O–H groups in total. The van der Waals surface area contributed by atoms with Crippen molar-refractivity contribution in [2.75, 3.05) is 0 Å². The molecular weight excluding hydrogens is 419 g/mol. The number of nitrogens with one attached hydrogen (secondary N) is 1. The van der Waals surface area contributed by atoms with Crippen LogP contribution in [0.3, 0.4) is 0 Å². The molecule has 3 aromatic carbocycles. The molecule has 0 radical (unpaired) electrons. The van der Waals surface area contributed by atoms with Gasteiger partial charge in [0.25, 0.3) is 5.91 Å². The van der Waals surface area contributed by atoms with E-state index in [2.05, 4.69) is 10.5 Å². The maximum absolute atomic E-state index is 12.2. The number of benzene rings is 3. The first-order valence-electron chi connectivity index (χ1n) is 8.27. The van der Waals surface area contributed by atoms with Gasteiger partial charge in [-0.1, -0.05) is 59.1 Å². The van der Waals surface area contributed by atoms with Crippen molar-refractivity contribution in [2.24, 2.45) is 5.10 Å². The van der Waals surface area contributed by atoms with Gasteiger partial charge in [0.1, 0.15) is 12.4 Å². The monoisotopic (exact) mass is 432 g/mol. The summed E-state index contributed by atoms with van der Waals surface area (Å²) in [6.45, 7) is 0.410. The molecule has 0 heterocycles. The summed E-state index contributed by atoms with van der Waals surface area (Å²) in [6, 6.07) is 19.4. The van der Waals surface area contributed by atoms with Gasteiger partial charge < -0.3 is 4.74 Å². The lowest BCUT2D eigenvalue weighted by atomic mass is 10.2.